The Morgan fingerprint density at radius 2 is 2.50 bits per heavy atom. The van der Waals surface area contributed by atoms with Gasteiger partial charge in [0.1, 0.15) is 5.69 Å². The highest BCUT2D eigenvalue weighted by Crippen LogP contribution is 2.04. The number of nitrogens with two attached hydrogens (primary N) is 1. The van der Waals surface area contributed by atoms with Crippen molar-refractivity contribution in [2.24, 2.45) is 5.73 Å². The molecular weight excluding hydrogens is 206 g/mol. The number of carboxylic acids is 1. The third-order valence-corrected chi connectivity index (χ3v) is 2.01. The van der Waals surface area contributed by atoms with Crippen LogP contribution in [0.4, 0.5) is 0 Å². The summed E-state index contributed by atoms with van der Waals surface area (Å²) in [6.07, 6.45) is 1.42. The molecule has 5 nitrogen and oxygen atoms in total. The number of nitrogens with zero attached hydrogens (tertiary/aromatic N) is 2. The van der Waals surface area contributed by atoms with Gasteiger partial charge in [0.2, 0.25) is 0 Å². The van der Waals surface area contributed by atoms with E-state index in [4.69, 9.17) is 22.4 Å². The summed E-state index contributed by atoms with van der Waals surface area (Å²) in [4.78, 5) is 10.7. The number of carboxylic acid groups (broad SMARTS) is 1. The second-order valence-corrected chi connectivity index (χ2v) is 2.87. The van der Waals surface area contributed by atoms with Crippen molar-refractivity contribution in [3.05, 3.63) is 29.1 Å². The van der Waals surface area contributed by atoms with Crippen LogP contribution in [-0.4, -0.2) is 27.4 Å². The van der Waals surface area contributed by atoms with Gasteiger partial charge < -0.3 is 10.8 Å². The molecule has 0 aliphatic heterocycles. The predicted molar refractivity (Wildman–Crippen MR) is 52.2 cm³/mol. The summed E-state index contributed by atoms with van der Waals surface area (Å²) >= 11 is 5.49. The van der Waals surface area contributed by atoms with Crippen LogP contribution in [0.1, 0.15) is 10.5 Å². The fraction of sp³-hybridized carbons (Fsp3) is 0.250. The van der Waals surface area contributed by atoms with E-state index in [1.54, 1.807) is 0 Å². The summed E-state index contributed by atoms with van der Waals surface area (Å²) in [5.41, 5.74) is 7.57. The molecule has 1 aromatic rings. The average molecular weight is 216 g/mol. The minimum Gasteiger partial charge on any atom is -0.477 e. The molecule has 6 heteroatoms. The molecule has 14 heavy (non-hydrogen) atoms. The molecule has 1 heterocycles. The van der Waals surface area contributed by atoms with Gasteiger partial charge in [0.15, 0.2) is 0 Å². The van der Waals surface area contributed by atoms with Crippen LogP contribution in [0.5, 0.6) is 0 Å². The molecule has 0 atom stereocenters. The highest BCUT2D eigenvalue weighted by Gasteiger charge is 2.10. The SMILES string of the molecule is NC/C(=C\Cl)Cn1nccc1C(=O)O. The van der Waals surface area contributed by atoms with Crippen molar-refractivity contribution in [1.82, 2.24) is 9.78 Å². The molecule has 0 aliphatic rings. The lowest BCUT2D eigenvalue weighted by Gasteiger charge is -2.05. The fourth-order valence-electron chi connectivity index (χ4n) is 0.976. The highest BCUT2D eigenvalue weighted by atomic mass is 35.5. The van der Waals surface area contributed by atoms with E-state index in [-0.39, 0.29) is 12.2 Å². The number of halogens is 1. The van der Waals surface area contributed by atoms with E-state index in [9.17, 15) is 4.79 Å². The number of hydrogen-bond donors (Lipinski definition) is 2. The van der Waals surface area contributed by atoms with Crippen LogP contribution in [0.25, 0.3) is 0 Å². The normalized spacial score (nSPS) is 11.7. The van der Waals surface area contributed by atoms with Gasteiger partial charge in [0.05, 0.1) is 6.54 Å². The Labute approximate surface area is 85.8 Å². The minimum atomic E-state index is -1.02. The van der Waals surface area contributed by atoms with E-state index >= 15 is 0 Å². The maximum absolute atomic E-state index is 10.7. The summed E-state index contributed by atoms with van der Waals surface area (Å²) in [5.74, 6) is -1.02. The smallest absolute Gasteiger partial charge is 0.354 e. The summed E-state index contributed by atoms with van der Waals surface area (Å²) in [6, 6.07) is 1.42. The quantitative estimate of drug-likeness (QED) is 0.773. The van der Waals surface area contributed by atoms with Crippen molar-refractivity contribution in [1.29, 1.82) is 0 Å². The molecule has 0 radical (unpaired) electrons. The second-order valence-electron chi connectivity index (χ2n) is 2.65. The molecular formula is C8H10ClN3O2. The summed E-state index contributed by atoms with van der Waals surface area (Å²) in [7, 11) is 0. The van der Waals surface area contributed by atoms with E-state index in [0.717, 1.165) is 5.57 Å². The van der Waals surface area contributed by atoms with Crippen LogP contribution in [-0.2, 0) is 6.54 Å². The van der Waals surface area contributed by atoms with Gasteiger partial charge in [-0.2, -0.15) is 5.10 Å². The first kappa shape index (κ1) is 10.7. The zero-order chi connectivity index (χ0) is 10.6. The second kappa shape index (κ2) is 4.78. The lowest BCUT2D eigenvalue weighted by molar-refractivity contribution is 0.0684. The first-order valence-electron chi connectivity index (χ1n) is 3.92. The molecule has 0 saturated carbocycles. The molecule has 1 aromatic heterocycles. The molecule has 0 fully saturated rings. The van der Waals surface area contributed by atoms with Crippen LogP contribution < -0.4 is 5.73 Å². The fourth-order valence-corrected chi connectivity index (χ4v) is 1.13. The van der Waals surface area contributed by atoms with E-state index in [0.29, 0.717) is 6.54 Å². The van der Waals surface area contributed by atoms with Crippen LogP contribution >= 0.6 is 11.6 Å². The zero-order valence-corrected chi connectivity index (χ0v) is 8.11. The van der Waals surface area contributed by atoms with Crippen molar-refractivity contribution in [2.45, 2.75) is 6.54 Å². The Morgan fingerprint density at radius 1 is 1.79 bits per heavy atom. The highest BCUT2D eigenvalue weighted by molar-refractivity contribution is 6.25. The molecule has 3 N–H and O–H groups in total. The van der Waals surface area contributed by atoms with Gasteiger partial charge >= 0.3 is 5.97 Å². The van der Waals surface area contributed by atoms with Crippen molar-refractivity contribution < 1.29 is 9.90 Å². The molecule has 0 bridgehead atoms. The Kier molecular flexibility index (Phi) is 3.67. The summed E-state index contributed by atoms with van der Waals surface area (Å²) in [5, 5.41) is 12.6. The van der Waals surface area contributed by atoms with Gasteiger partial charge in [0, 0.05) is 18.3 Å². The molecule has 0 amide bonds. The van der Waals surface area contributed by atoms with Crippen molar-refractivity contribution in [3.8, 4) is 0 Å². The summed E-state index contributed by atoms with van der Waals surface area (Å²) < 4.78 is 1.34. The van der Waals surface area contributed by atoms with Gasteiger partial charge in [-0.1, -0.05) is 11.6 Å². The van der Waals surface area contributed by atoms with Crippen LogP contribution in [0.15, 0.2) is 23.4 Å². The average Bonchev–Trinajstić information content (AvgIpc) is 2.62. The van der Waals surface area contributed by atoms with Crippen molar-refractivity contribution in [3.63, 3.8) is 0 Å². The van der Waals surface area contributed by atoms with Gasteiger partial charge in [-0.05, 0) is 11.6 Å². The molecule has 0 aromatic carbocycles. The molecule has 76 valence electrons. The lowest BCUT2D eigenvalue weighted by atomic mass is 10.3. The molecule has 0 unspecified atom stereocenters. The maximum Gasteiger partial charge on any atom is 0.354 e. The zero-order valence-electron chi connectivity index (χ0n) is 7.35. The first-order valence-corrected chi connectivity index (χ1v) is 4.36. The molecule has 0 aliphatic carbocycles. The van der Waals surface area contributed by atoms with E-state index < -0.39 is 5.97 Å². The van der Waals surface area contributed by atoms with Crippen molar-refractivity contribution in [2.75, 3.05) is 6.54 Å². The van der Waals surface area contributed by atoms with Crippen LogP contribution in [0.3, 0.4) is 0 Å². The Morgan fingerprint density at radius 3 is 3.00 bits per heavy atom. The third-order valence-electron chi connectivity index (χ3n) is 1.71. The van der Waals surface area contributed by atoms with Crippen LogP contribution in [0.2, 0.25) is 0 Å². The van der Waals surface area contributed by atoms with E-state index in [2.05, 4.69) is 5.10 Å². The topological polar surface area (TPSA) is 81.1 Å². The largest absolute Gasteiger partial charge is 0.477 e. The van der Waals surface area contributed by atoms with Crippen LogP contribution in [0, 0.1) is 0 Å². The molecule has 1 rings (SSSR count). The number of hydrogen-bond acceptors (Lipinski definition) is 3. The predicted octanol–water partition coefficient (Wildman–Crippen LogP) is 0.663. The Bertz CT molecular complexity index is 359. The number of aromatic carboxylic acids is 1. The Balaban J connectivity index is 2.86. The summed E-state index contributed by atoms with van der Waals surface area (Å²) in [6.45, 7) is 0.580. The van der Waals surface area contributed by atoms with E-state index in [1.165, 1.54) is 22.5 Å². The number of aromatic nitrogens is 2. The molecule has 0 spiro atoms. The van der Waals surface area contributed by atoms with E-state index in [1.807, 2.05) is 0 Å². The number of rotatable bonds is 4. The minimum absolute atomic E-state index is 0.120. The monoisotopic (exact) mass is 215 g/mol. The number of carbonyl (C=O) groups is 1. The van der Waals surface area contributed by atoms with Gasteiger partial charge in [0.25, 0.3) is 0 Å². The van der Waals surface area contributed by atoms with Gasteiger partial charge in [-0.3, -0.25) is 4.68 Å². The third kappa shape index (κ3) is 2.34. The molecule has 0 saturated heterocycles. The Hall–Kier alpha value is -1.33. The lowest BCUT2D eigenvalue weighted by Crippen LogP contribution is -2.15. The standard InChI is InChI=1S/C8H10ClN3O2/c9-3-6(4-10)5-12-7(8(13)14)1-2-11-12/h1-3H,4-5,10H2,(H,13,14)/b6-3+. The van der Waals surface area contributed by atoms with Gasteiger partial charge in [-0.25, -0.2) is 4.79 Å². The maximum atomic E-state index is 10.7. The first-order chi connectivity index (χ1) is 6.69. The van der Waals surface area contributed by atoms with Gasteiger partial charge in [-0.15, -0.1) is 0 Å². The van der Waals surface area contributed by atoms with Crippen molar-refractivity contribution >= 4 is 17.6 Å².